The van der Waals surface area contributed by atoms with Crippen LogP contribution >= 0.6 is 0 Å². The topological polar surface area (TPSA) is 26.3 Å². The molecule has 0 aliphatic carbocycles. The quantitative estimate of drug-likeness (QED) is 0.609. The van der Waals surface area contributed by atoms with E-state index in [0.717, 1.165) is 43.4 Å². The number of benzene rings is 2. The van der Waals surface area contributed by atoms with Crippen LogP contribution in [0.25, 0.3) is 10.8 Å². The summed E-state index contributed by atoms with van der Waals surface area (Å²) in [6.45, 7) is 1.63. The van der Waals surface area contributed by atoms with E-state index in [1.165, 1.54) is 11.0 Å². The van der Waals surface area contributed by atoms with Gasteiger partial charge in [0.25, 0.3) is 0 Å². The van der Waals surface area contributed by atoms with Crippen molar-refractivity contribution in [1.82, 2.24) is 0 Å². The fourth-order valence-electron chi connectivity index (χ4n) is 2.75. The minimum atomic E-state index is 0.193. The van der Waals surface area contributed by atoms with Crippen molar-refractivity contribution < 1.29 is 9.53 Å². The number of allylic oxidation sites excluding steroid dienone is 1. The minimum absolute atomic E-state index is 0.193. The van der Waals surface area contributed by atoms with Crippen LogP contribution < -0.4 is 0 Å². The number of ketones is 1. The third kappa shape index (κ3) is 3.59. The first-order valence-corrected chi connectivity index (χ1v) is 7.60. The molecule has 0 saturated carbocycles. The SMILES string of the molecule is O=C(C/C=C1/CCCOCC1)c1ccc2ccccc2c1. The zero-order valence-electron chi connectivity index (χ0n) is 12.2. The first kappa shape index (κ1) is 14.0. The highest BCUT2D eigenvalue weighted by Crippen LogP contribution is 2.19. The fraction of sp³-hybridized carbons (Fsp3) is 0.316. The number of carbonyl (C=O) groups is 1. The smallest absolute Gasteiger partial charge is 0.166 e. The maximum atomic E-state index is 12.3. The molecule has 0 unspecified atom stereocenters. The molecule has 0 aromatic heterocycles. The Bertz CT molecular complexity index is 660. The summed E-state index contributed by atoms with van der Waals surface area (Å²) in [5.41, 5.74) is 2.16. The number of rotatable bonds is 3. The molecule has 2 aromatic rings. The maximum Gasteiger partial charge on any atom is 0.166 e. The van der Waals surface area contributed by atoms with Crippen LogP contribution in [-0.4, -0.2) is 19.0 Å². The first-order chi connectivity index (χ1) is 10.3. The van der Waals surface area contributed by atoms with Crippen molar-refractivity contribution in [3.8, 4) is 0 Å². The van der Waals surface area contributed by atoms with Gasteiger partial charge in [-0.3, -0.25) is 4.79 Å². The highest BCUT2D eigenvalue weighted by molar-refractivity contribution is 6.00. The standard InChI is InChI=1S/C19H20O2/c20-19(10-7-15-4-3-12-21-13-11-15)18-9-8-16-5-1-2-6-17(16)14-18/h1-2,5-9,14H,3-4,10-13H2/b15-7-. The molecule has 0 atom stereocenters. The third-order valence-electron chi connectivity index (χ3n) is 4.00. The molecule has 1 saturated heterocycles. The van der Waals surface area contributed by atoms with Gasteiger partial charge in [0.1, 0.15) is 0 Å². The van der Waals surface area contributed by atoms with Gasteiger partial charge in [0, 0.05) is 18.6 Å². The monoisotopic (exact) mass is 280 g/mol. The summed E-state index contributed by atoms with van der Waals surface area (Å²) in [5, 5.41) is 2.30. The van der Waals surface area contributed by atoms with Crippen molar-refractivity contribution in [2.24, 2.45) is 0 Å². The Hall–Kier alpha value is -1.93. The zero-order valence-corrected chi connectivity index (χ0v) is 12.2. The van der Waals surface area contributed by atoms with Crippen LogP contribution in [0.4, 0.5) is 0 Å². The molecule has 1 aliphatic heterocycles. The Balaban J connectivity index is 1.72. The number of ether oxygens (including phenoxy) is 1. The van der Waals surface area contributed by atoms with Crippen LogP contribution in [-0.2, 0) is 4.74 Å². The molecule has 1 heterocycles. The highest BCUT2D eigenvalue weighted by Gasteiger charge is 2.08. The van der Waals surface area contributed by atoms with Crippen LogP contribution in [0.5, 0.6) is 0 Å². The largest absolute Gasteiger partial charge is 0.381 e. The summed E-state index contributed by atoms with van der Waals surface area (Å²) in [6, 6.07) is 14.1. The first-order valence-electron chi connectivity index (χ1n) is 7.60. The lowest BCUT2D eigenvalue weighted by atomic mass is 10.0. The van der Waals surface area contributed by atoms with Gasteiger partial charge in [-0.1, -0.05) is 48.0 Å². The van der Waals surface area contributed by atoms with Crippen molar-refractivity contribution in [3.05, 3.63) is 59.7 Å². The molecule has 108 valence electrons. The second kappa shape index (κ2) is 6.68. The van der Waals surface area contributed by atoms with E-state index >= 15 is 0 Å². The fourth-order valence-corrected chi connectivity index (χ4v) is 2.75. The molecule has 2 aromatic carbocycles. The van der Waals surface area contributed by atoms with Gasteiger partial charge in [-0.15, -0.1) is 0 Å². The Labute approximate surface area is 125 Å². The van der Waals surface area contributed by atoms with Crippen LogP contribution in [0.15, 0.2) is 54.1 Å². The molecule has 3 rings (SSSR count). The average Bonchev–Trinajstić information content (AvgIpc) is 2.81. The summed E-state index contributed by atoms with van der Waals surface area (Å²) in [4.78, 5) is 12.3. The number of carbonyl (C=O) groups excluding carboxylic acids is 1. The van der Waals surface area contributed by atoms with Gasteiger partial charge in [0.05, 0.1) is 6.61 Å². The number of hydrogen-bond donors (Lipinski definition) is 0. The van der Waals surface area contributed by atoms with Crippen molar-refractivity contribution in [2.45, 2.75) is 25.7 Å². The number of hydrogen-bond acceptors (Lipinski definition) is 2. The summed E-state index contributed by atoms with van der Waals surface area (Å²) in [7, 11) is 0. The molecule has 0 bridgehead atoms. The molecule has 2 nitrogen and oxygen atoms in total. The molecule has 0 spiro atoms. The van der Waals surface area contributed by atoms with Gasteiger partial charge < -0.3 is 4.74 Å². The highest BCUT2D eigenvalue weighted by atomic mass is 16.5. The van der Waals surface area contributed by atoms with E-state index in [9.17, 15) is 4.79 Å². The molecule has 0 radical (unpaired) electrons. The Morgan fingerprint density at radius 1 is 1.05 bits per heavy atom. The number of fused-ring (bicyclic) bond motifs is 1. The molecule has 0 amide bonds. The Morgan fingerprint density at radius 2 is 1.90 bits per heavy atom. The molecule has 21 heavy (non-hydrogen) atoms. The van der Waals surface area contributed by atoms with Crippen molar-refractivity contribution in [3.63, 3.8) is 0 Å². The van der Waals surface area contributed by atoms with E-state index in [1.807, 2.05) is 36.4 Å². The lowest BCUT2D eigenvalue weighted by molar-refractivity contribution is 0.0995. The Morgan fingerprint density at radius 3 is 2.81 bits per heavy atom. The van der Waals surface area contributed by atoms with E-state index in [2.05, 4.69) is 12.1 Å². The van der Waals surface area contributed by atoms with Gasteiger partial charge >= 0.3 is 0 Å². The summed E-state index contributed by atoms with van der Waals surface area (Å²) in [6.07, 6.45) is 5.69. The van der Waals surface area contributed by atoms with Gasteiger partial charge in [-0.05, 0) is 36.1 Å². The molecule has 1 fully saturated rings. The Kier molecular flexibility index (Phi) is 4.46. The van der Waals surface area contributed by atoms with E-state index in [4.69, 9.17) is 4.74 Å². The lowest BCUT2D eigenvalue weighted by Gasteiger charge is -2.04. The van der Waals surface area contributed by atoms with Crippen LogP contribution in [0.3, 0.4) is 0 Å². The summed E-state index contributed by atoms with van der Waals surface area (Å²) in [5.74, 6) is 0.193. The van der Waals surface area contributed by atoms with E-state index < -0.39 is 0 Å². The normalized spacial score (nSPS) is 17.8. The average molecular weight is 280 g/mol. The predicted molar refractivity (Wildman–Crippen MR) is 85.6 cm³/mol. The molecule has 1 aliphatic rings. The van der Waals surface area contributed by atoms with E-state index in [0.29, 0.717) is 6.42 Å². The van der Waals surface area contributed by atoms with Crippen LogP contribution in [0.1, 0.15) is 36.0 Å². The van der Waals surface area contributed by atoms with E-state index in [-0.39, 0.29) is 5.78 Å². The second-order valence-electron chi connectivity index (χ2n) is 5.52. The molecular weight excluding hydrogens is 260 g/mol. The minimum Gasteiger partial charge on any atom is -0.381 e. The third-order valence-corrected chi connectivity index (χ3v) is 4.00. The van der Waals surface area contributed by atoms with Gasteiger partial charge in [0.15, 0.2) is 5.78 Å². The number of Topliss-reactive ketones (excluding diaryl/α,β-unsaturated/α-hetero) is 1. The van der Waals surface area contributed by atoms with Crippen molar-refractivity contribution >= 4 is 16.6 Å². The van der Waals surface area contributed by atoms with Crippen LogP contribution in [0.2, 0.25) is 0 Å². The zero-order chi connectivity index (χ0) is 14.5. The molecule has 2 heteroatoms. The second-order valence-corrected chi connectivity index (χ2v) is 5.52. The maximum absolute atomic E-state index is 12.3. The molecule has 0 N–H and O–H groups in total. The van der Waals surface area contributed by atoms with Gasteiger partial charge in [-0.2, -0.15) is 0 Å². The van der Waals surface area contributed by atoms with E-state index in [1.54, 1.807) is 0 Å². The van der Waals surface area contributed by atoms with Gasteiger partial charge in [0.2, 0.25) is 0 Å². The summed E-state index contributed by atoms with van der Waals surface area (Å²) >= 11 is 0. The van der Waals surface area contributed by atoms with Crippen LogP contribution in [0, 0.1) is 0 Å². The summed E-state index contributed by atoms with van der Waals surface area (Å²) < 4.78 is 5.44. The lowest BCUT2D eigenvalue weighted by Crippen LogP contribution is -1.98. The van der Waals surface area contributed by atoms with Crippen molar-refractivity contribution in [2.75, 3.05) is 13.2 Å². The van der Waals surface area contributed by atoms with Gasteiger partial charge in [-0.25, -0.2) is 0 Å². The predicted octanol–water partition coefficient (Wildman–Crippen LogP) is 4.54. The molecular formula is C19H20O2. The van der Waals surface area contributed by atoms with Crippen molar-refractivity contribution in [1.29, 1.82) is 0 Å².